The Morgan fingerprint density at radius 3 is 2.74 bits per heavy atom. The highest BCUT2D eigenvalue weighted by Crippen LogP contribution is 2.38. The number of nitrogens with one attached hydrogen (secondary N) is 1. The van der Waals surface area contributed by atoms with Crippen LogP contribution < -0.4 is 15.9 Å². The van der Waals surface area contributed by atoms with E-state index in [0.29, 0.717) is 16.3 Å². The molecule has 1 aliphatic carbocycles. The lowest BCUT2D eigenvalue weighted by Crippen LogP contribution is -2.32. The Balaban J connectivity index is 1.65. The quantitative estimate of drug-likeness (QED) is 0.700. The van der Waals surface area contributed by atoms with Crippen molar-refractivity contribution in [3.63, 3.8) is 0 Å². The van der Waals surface area contributed by atoms with Gasteiger partial charge in [-0.2, -0.15) is 0 Å². The fourth-order valence-corrected chi connectivity index (χ4v) is 5.01. The van der Waals surface area contributed by atoms with Gasteiger partial charge >= 0.3 is 10.8 Å². The van der Waals surface area contributed by atoms with E-state index in [0.717, 1.165) is 41.0 Å². The number of carbonyl (C=O) groups is 3. The molecule has 1 atom stereocenters. The van der Waals surface area contributed by atoms with Crippen LogP contribution in [0.25, 0.3) is 0 Å². The molecule has 2 aromatic heterocycles. The first-order valence-corrected chi connectivity index (χ1v) is 10.1. The number of carbonyl (C=O) groups excluding carboxylic acids is 3. The zero-order chi connectivity index (χ0) is 19.7. The maximum Gasteiger partial charge on any atom is 0.326 e. The van der Waals surface area contributed by atoms with E-state index < -0.39 is 23.9 Å². The van der Waals surface area contributed by atoms with Gasteiger partial charge in [-0.05, 0) is 38.7 Å². The number of esters is 1. The van der Waals surface area contributed by atoms with Crippen LogP contribution in [0.1, 0.15) is 39.8 Å². The van der Waals surface area contributed by atoms with Gasteiger partial charge in [0.2, 0.25) is 0 Å². The summed E-state index contributed by atoms with van der Waals surface area (Å²) in [5.41, 5.74) is 7.37. The molecule has 144 valence electrons. The predicted molar refractivity (Wildman–Crippen MR) is 102 cm³/mol. The summed E-state index contributed by atoms with van der Waals surface area (Å²) in [6.07, 6.45) is 1.50. The van der Waals surface area contributed by atoms with E-state index in [1.54, 1.807) is 12.3 Å². The number of ether oxygens (including phenoxy) is 1. The number of anilines is 1. The third kappa shape index (κ3) is 3.96. The van der Waals surface area contributed by atoms with Crippen LogP contribution in [0.5, 0.6) is 0 Å². The van der Waals surface area contributed by atoms with E-state index >= 15 is 0 Å². The lowest BCUT2D eigenvalue weighted by atomic mass is 10.1. The Morgan fingerprint density at radius 2 is 2.11 bits per heavy atom. The number of nitrogens with zero attached hydrogens (tertiary/aromatic N) is 1. The van der Waals surface area contributed by atoms with Gasteiger partial charge < -0.3 is 15.8 Å². The number of thiazole rings is 1. The van der Waals surface area contributed by atoms with Gasteiger partial charge in [0.05, 0.1) is 5.56 Å². The molecule has 0 radical (unpaired) electrons. The van der Waals surface area contributed by atoms with Crippen LogP contribution in [0.15, 0.2) is 10.2 Å². The van der Waals surface area contributed by atoms with Crippen LogP contribution in [0.2, 0.25) is 0 Å². The summed E-state index contributed by atoms with van der Waals surface area (Å²) in [7, 11) is 0. The van der Waals surface area contributed by atoms with Gasteiger partial charge in [0.1, 0.15) is 11.5 Å². The van der Waals surface area contributed by atoms with Crippen molar-refractivity contribution in [2.45, 2.75) is 45.8 Å². The SMILES string of the molecule is Cc1csc(=O)n1CC(=O)O[C@@H](C)C(=O)Nc1sc2c(c1C(N)=O)CCC2. The number of amides is 2. The number of primary amides is 1. The standard InChI is InChI=1S/C17H19N3O5S2/c1-8-7-26-17(24)20(8)6-12(21)25-9(2)15(23)19-16-13(14(18)22)10-4-3-5-11(10)27-16/h7,9H,3-6H2,1-2H3,(H2,18,22)(H,19,23)/t9-/m0/s1. The minimum atomic E-state index is -1.08. The van der Waals surface area contributed by atoms with Crippen molar-refractivity contribution < 1.29 is 19.1 Å². The van der Waals surface area contributed by atoms with Crippen molar-refractivity contribution >= 4 is 45.5 Å². The van der Waals surface area contributed by atoms with Gasteiger partial charge in [0.15, 0.2) is 6.10 Å². The first kappa shape index (κ1) is 19.3. The first-order valence-electron chi connectivity index (χ1n) is 8.37. The van der Waals surface area contributed by atoms with Gasteiger partial charge in [0.25, 0.3) is 11.8 Å². The number of thiophene rings is 1. The van der Waals surface area contributed by atoms with Gasteiger partial charge in [-0.1, -0.05) is 11.3 Å². The summed E-state index contributed by atoms with van der Waals surface area (Å²) in [4.78, 5) is 48.6. The van der Waals surface area contributed by atoms with E-state index in [4.69, 9.17) is 10.5 Å². The molecule has 0 saturated carbocycles. The maximum absolute atomic E-state index is 12.4. The summed E-state index contributed by atoms with van der Waals surface area (Å²) in [5, 5.41) is 4.68. The summed E-state index contributed by atoms with van der Waals surface area (Å²) < 4.78 is 6.41. The number of hydrogen-bond acceptors (Lipinski definition) is 7. The third-order valence-corrected chi connectivity index (χ3v) is 6.43. The molecule has 2 aromatic rings. The monoisotopic (exact) mass is 409 g/mol. The Bertz CT molecular complexity index is 972. The summed E-state index contributed by atoms with van der Waals surface area (Å²) in [6, 6.07) is 0. The second-order valence-electron chi connectivity index (χ2n) is 6.28. The normalized spacial score (nSPS) is 13.9. The van der Waals surface area contributed by atoms with Crippen molar-refractivity contribution in [1.82, 2.24) is 4.57 Å². The van der Waals surface area contributed by atoms with Gasteiger partial charge in [0, 0.05) is 16.0 Å². The Kier molecular flexibility index (Phi) is 5.47. The van der Waals surface area contributed by atoms with Gasteiger partial charge in [-0.3, -0.25) is 23.7 Å². The molecule has 0 aliphatic heterocycles. The molecule has 3 rings (SSSR count). The van der Waals surface area contributed by atoms with Crippen LogP contribution in [-0.2, 0) is 33.7 Å². The van der Waals surface area contributed by atoms with Crippen LogP contribution in [0, 0.1) is 6.92 Å². The molecule has 27 heavy (non-hydrogen) atoms. The third-order valence-electron chi connectivity index (χ3n) is 4.35. The number of aromatic nitrogens is 1. The minimum absolute atomic E-state index is 0.258. The smallest absolute Gasteiger partial charge is 0.326 e. The van der Waals surface area contributed by atoms with Crippen molar-refractivity contribution in [2.75, 3.05) is 5.32 Å². The Labute approximate surface area is 162 Å². The fraction of sp³-hybridized carbons (Fsp3) is 0.412. The lowest BCUT2D eigenvalue weighted by molar-refractivity contribution is -0.153. The fourth-order valence-electron chi connectivity index (χ4n) is 2.98. The summed E-state index contributed by atoms with van der Waals surface area (Å²) in [6.45, 7) is 2.88. The first-order chi connectivity index (χ1) is 12.8. The zero-order valence-electron chi connectivity index (χ0n) is 14.9. The number of rotatable bonds is 6. The molecule has 0 unspecified atom stereocenters. The highest BCUT2D eigenvalue weighted by molar-refractivity contribution is 7.17. The molecule has 1 aliphatic rings. The number of nitrogens with two attached hydrogens (primary N) is 1. The molecule has 0 fully saturated rings. The van der Waals surface area contributed by atoms with Crippen LogP contribution in [-0.4, -0.2) is 28.5 Å². The average Bonchev–Trinajstić information content (AvgIpc) is 3.24. The van der Waals surface area contributed by atoms with E-state index in [1.165, 1.54) is 22.8 Å². The molecule has 8 nitrogen and oxygen atoms in total. The molecule has 0 spiro atoms. The maximum atomic E-state index is 12.4. The predicted octanol–water partition coefficient (Wildman–Crippen LogP) is 1.44. The van der Waals surface area contributed by atoms with Crippen molar-refractivity contribution in [1.29, 1.82) is 0 Å². The van der Waals surface area contributed by atoms with Crippen LogP contribution >= 0.6 is 22.7 Å². The van der Waals surface area contributed by atoms with E-state index in [9.17, 15) is 19.2 Å². The van der Waals surface area contributed by atoms with Crippen molar-refractivity contribution in [3.8, 4) is 0 Å². The topological polar surface area (TPSA) is 120 Å². The molecule has 2 amide bonds. The summed E-state index contributed by atoms with van der Waals surface area (Å²) in [5.74, 6) is -1.83. The second kappa shape index (κ2) is 7.65. The number of hydrogen-bond donors (Lipinski definition) is 2. The van der Waals surface area contributed by atoms with Crippen LogP contribution in [0.4, 0.5) is 5.00 Å². The van der Waals surface area contributed by atoms with Crippen LogP contribution in [0.3, 0.4) is 0 Å². The number of fused-ring (bicyclic) bond motifs is 1. The van der Waals surface area contributed by atoms with Gasteiger partial charge in [-0.25, -0.2) is 0 Å². The molecule has 0 saturated heterocycles. The highest BCUT2D eigenvalue weighted by atomic mass is 32.1. The lowest BCUT2D eigenvalue weighted by Gasteiger charge is -2.14. The Morgan fingerprint density at radius 1 is 1.37 bits per heavy atom. The molecular weight excluding hydrogens is 390 g/mol. The minimum Gasteiger partial charge on any atom is -0.451 e. The van der Waals surface area contributed by atoms with Gasteiger partial charge in [-0.15, -0.1) is 11.3 Å². The molecule has 0 aromatic carbocycles. The molecule has 10 heteroatoms. The van der Waals surface area contributed by atoms with Crippen molar-refractivity contribution in [3.05, 3.63) is 36.7 Å². The highest BCUT2D eigenvalue weighted by Gasteiger charge is 2.28. The second-order valence-corrected chi connectivity index (χ2v) is 8.20. The largest absolute Gasteiger partial charge is 0.451 e. The zero-order valence-corrected chi connectivity index (χ0v) is 16.5. The van der Waals surface area contributed by atoms with E-state index in [2.05, 4.69) is 5.32 Å². The summed E-state index contributed by atoms with van der Waals surface area (Å²) >= 11 is 2.33. The van der Waals surface area contributed by atoms with Crippen molar-refractivity contribution in [2.24, 2.45) is 5.73 Å². The van der Waals surface area contributed by atoms with E-state index in [1.807, 2.05) is 0 Å². The molecular formula is C17H19N3O5S2. The number of aryl methyl sites for hydroxylation is 2. The molecule has 0 bridgehead atoms. The average molecular weight is 409 g/mol. The van der Waals surface area contributed by atoms with E-state index in [-0.39, 0.29) is 11.4 Å². The molecule has 3 N–H and O–H groups in total. The molecule has 2 heterocycles. The Hall–Kier alpha value is -2.46.